The second-order valence-electron chi connectivity index (χ2n) is 4.24. The Morgan fingerprint density at radius 3 is 2.82 bits per heavy atom. The van der Waals surface area contributed by atoms with Gasteiger partial charge >= 0.3 is 0 Å². The predicted molar refractivity (Wildman–Crippen MR) is 72.9 cm³/mol. The SMILES string of the molecule is CCCCOCCCNCc1cccc(N)c1. The molecule has 0 radical (unpaired) electrons. The van der Waals surface area contributed by atoms with Crippen LogP contribution in [0.25, 0.3) is 0 Å². The van der Waals surface area contributed by atoms with Crippen LogP contribution in [0.3, 0.4) is 0 Å². The fourth-order valence-corrected chi connectivity index (χ4v) is 1.58. The van der Waals surface area contributed by atoms with Crippen LogP contribution in [-0.2, 0) is 11.3 Å². The normalized spacial score (nSPS) is 10.6. The van der Waals surface area contributed by atoms with Gasteiger partial charge in [0.1, 0.15) is 0 Å². The van der Waals surface area contributed by atoms with Gasteiger partial charge in [-0.3, -0.25) is 0 Å². The summed E-state index contributed by atoms with van der Waals surface area (Å²) in [7, 11) is 0. The molecule has 0 bridgehead atoms. The number of ether oxygens (including phenoxy) is 1. The van der Waals surface area contributed by atoms with E-state index in [0.717, 1.165) is 44.8 Å². The van der Waals surface area contributed by atoms with Crippen molar-refractivity contribution in [2.24, 2.45) is 0 Å². The van der Waals surface area contributed by atoms with Crippen LogP contribution in [0.5, 0.6) is 0 Å². The molecule has 17 heavy (non-hydrogen) atoms. The van der Waals surface area contributed by atoms with Crippen molar-refractivity contribution in [3.05, 3.63) is 29.8 Å². The second-order valence-corrected chi connectivity index (χ2v) is 4.24. The summed E-state index contributed by atoms with van der Waals surface area (Å²) in [4.78, 5) is 0. The molecule has 96 valence electrons. The van der Waals surface area contributed by atoms with Gasteiger partial charge in [-0.1, -0.05) is 25.5 Å². The van der Waals surface area contributed by atoms with E-state index in [-0.39, 0.29) is 0 Å². The van der Waals surface area contributed by atoms with E-state index >= 15 is 0 Å². The van der Waals surface area contributed by atoms with Gasteiger partial charge in [0.05, 0.1) is 0 Å². The van der Waals surface area contributed by atoms with Crippen molar-refractivity contribution in [2.45, 2.75) is 32.7 Å². The summed E-state index contributed by atoms with van der Waals surface area (Å²) < 4.78 is 5.49. The predicted octanol–water partition coefficient (Wildman–Crippen LogP) is 2.57. The van der Waals surface area contributed by atoms with E-state index in [2.05, 4.69) is 18.3 Å². The lowest BCUT2D eigenvalue weighted by Gasteiger charge is -2.06. The first-order valence-corrected chi connectivity index (χ1v) is 6.46. The Balaban J connectivity index is 1.97. The molecule has 0 saturated carbocycles. The van der Waals surface area contributed by atoms with Gasteiger partial charge in [0.25, 0.3) is 0 Å². The Labute approximate surface area is 104 Å². The molecule has 0 aliphatic heterocycles. The van der Waals surface area contributed by atoms with E-state index in [4.69, 9.17) is 10.5 Å². The van der Waals surface area contributed by atoms with Gasteiger partial charge in [-0.05, 0) is 37.1 Å². The molecule has 1 aromatic carbocycles. The third kappa shape index (κ3) is 6.97. The van der Waals surface area contributed by atoms with Crippen LogP contribution in [-0.4, -0.2) is 19.8 Å². The Morgan fingerprint density at radius 2 is 2.06 bits per heavy atom. The first kappa shape index (κ1) is 14.0. The van der Waals surface area contributed by atoms with Crippen molar-refractivity contribution >= 4 is 5.69 Å². The Kier molecular flexibility index (Phi) is 7.43. The Morgan fingerprint density at radius 1 is 1.24 bits per heavy atom. The molecule has 0 amide bonds. The van der Waals surface area contributed by atoms with Gasteiger partial charge in [-0.25, -0.2) is 0 Å². The molecule has 3 nitrogen and oxygen atoms in total. The number of unbranched alkanes of at least 4 members (excludes halogenated alkanes) is 1. The monoisotopic (exact) mass is 236 g/mol. The quantitative estimate of drug-likeness (QED) is 0.512. The molecule has 0 aliphatic carbocycles. The lowest BCUT2D eigenvalue weighted by molar-refractivity contribution is 0.129. The van der Waals surface area contributed by atoms with Gasteiger partial charge in [0, 0.05) is 25.4 Å². The average Bonchev–Trinajstić information content (AvgIpc) is 2.33. The van der Waals surface area contributed by atoms with E-state index in [0.29, 0.717) is 0 Å². The standard InChI is InChI=1S/C14H24N2O/c1-2-3-9-17-10-5-8-16-12-13-6-4-7-14(15)11-13/h4,6-7,11,16H,2-3,5,8-10,12,15H2,1H3. The van der Waals surface area contributed by atoms with Crippen LogP contribution < -0.4 is 11.1 Å². The molecule has 0 fully saturated rings. The van der Waals surface area contributed by atoms with Gasteiger partial charge in [-0.15, -0.1) is 0 Å². The molecule has 0 spiro atoms. The zero-order valence-electron chi connectivity index (χ0n) is 10.7. The summed E-state index contributed by atoms with van der Waals surface area (Å²) in [5, 5.41) is 3.38. The fourth-order valence-electron chi connectivity index (χ4n) is 1.58. The molecule has 1 rings (SSSR count). The van der Waals surface area contributed by atoms with Crippen molar-refractivity contribution in [3.8, 4) is 0 Å². The first-order valence-electron chi connectivity index (χ1n) is 6.46. The summed E-state index contributed by atoms with van der Waals surface area (Å²) in [5.41, 5.74) is 7.77. The number of benzene rings is 1. The number of hydrogen-bond acceptors (Lipinski definition) is 3. The van der Waals surface area contributed by atoms with Crippen molar-refractivity contribution in [2.75, 3.05) is 25.5 Å². The maximum atomic E-state index is 5.71. The molecular weight excluding hydrogens is 212 g/mol. The molecule has 0 atom stereocenters. The van der Waals surface area contributed by atoms with Crippen LogP contribution in [0.2, 0.25) is 0 Å². The molecule has 0 aromatic heterocycles. The van der Waals surface area contributed by atoms with E-state index in [9.17, 15) is 0 Å². The number of rotatable bonds is 9. The van der Waals surface area contributed by atoms with E-state index in [1.54, 1.807) is 0 Å². The van der Waals surface area contributed by atoms with Gasteiger partial charge in [-0.2, -0.15) is 0 Å². The van der Waals surface area contributed by atoms with Crippen LogP contribution >= 0.6 is 0 Å². The van der Waals surface area contributed by atoms with Gasteiger partial charge in [0.2, 0.25) is 0 Å². The zero-order valence-corrected chi connectivity index (χ0v) is 10.7. The molecule has 0 saturated heterocycles. The lowest BCUT2D eigenvalue weighted by Crippen LogP contribution is -2.16. The van der Waals surface area contributed by atoms with Crippen LogP contribution in [0.15, 0.2) is 24.3 Å². The van der Waals surface area contributed by atoms with Crippen molar-refractivity contribution in [3.63, 3.8) is 0 Å². The minimum Gasteiger partial charge on any atom is -0.399 e. The minimum atomic E-state index is 0.826. The fraction of sp³-hybridized carbons (Fsp3) is 0.571. The smallest absolute Gasteiger partial charge is 0.0478 e. The number of nitrogens with one attached hydrogen (secondary N) is 1. The van der Waals surface area contributed by atoms with E-state index < -0.39 is 0 Å². The Bertz CT molecular complexity index is 302. The summed E-state index contributed by atoms with van der Waals surface area (Å²) in [6.45, 7) is 5.78. The molecule has 0 unspecified atom stereocenters. The number of nitrogen functional groups attached to an aromatic ring is 1. The molecule has 3 heteroatoms. The summed E-state index contributed by atoms with van der Waals surface area (Å²) in [6, 6.07) is 7.98. The van der Waals surface area contributed by atoms with Gasteiger partial charge < -0.3 is 15.8 Å². The van der Waals surface area contributed by atoms with Crippen LogP contribution in [0.1, 0.15) is 31.7 Å². The van der Waals surface area contributed by atoms with Crippen LogP contribution in [0, 0.1) is 0 Å². The third-order valence-electron chi connectivity index (χ3n) is 2.56. The number of nitrogens with two attached hydrogens (primary N) is 1. The summed E-state index contributed by atoms with van der Waals surface area (Å²) >= 11 is 0. The first-order chi connectivity index (χ1) is 8.33. The number of hydrogen-bond donors (Lipinski definition) is 2. The lowest BCUT2D eigenvalue weighted by atomic mass is 10.2. The maximum absolute atomic E-state index is 5.71. The molecular formula is C14H24N2O. The van der Waals surface area contributed by atoms with Crippen molar-refractivity contribution < 1.29 is 4.74 Å². The molecule has 1 aromatic rings. The van der Waals surface area contributed by atoms with E-state index in [1.165, 1.54) is 12.0 Å². The van der Waals surface area contributed by atoms with Gasteiger partial charge in [0.15, 0.2) is 0 Å². The third-order valence-corrected chi connectivity index (χ3v) is 2.56. The average molecular weight is 236 g/mol. The highest BCUT2D eigenvalue weighted by molar-refractivity contribution is 5.40. The molecule has 0 heterocycles. The highest BCUT2D eigenvalue weighted by atomic mass is 16.5. The minimum absolute atomic E-state index is 0.826. The second kappa shape index (κ2) is 9.02. The van der Waals surface area contributed by atoms with E-state index in [1.807, 2.05) is 18.2 Å². The highest BCUT2D eigenvalue weighted by Gasteiger charge is 1.93. The van der Waals surface area contributed by atoms with Crippen LogP contribution in [0.4, 0.5) is 5.69 Å². The largest absolute Gasteiger partial charge is 0.399 e. The highest BCUT2D eigenvalue weighted by Crippen LogP contribution is 2.05. The summed E-state index contributed by atoms with van der Waals surface area (Å²) in [5.74, 6) is 0. The Hall–Kier alpha value is -1.06. The molecule has 0 aliphatic rings. The topological polar surface area (TPSA) is 47.3 Å². The maximum Gasteiger partial charge on any atom is 0.0478 e. The zero-order chi connectivity index (χ0) is 12.3. The van der Waals surface area contributed by atoms with Crippen molar-refractivity contribution in [1.82, 2.24) is 5.32 Å². The number of anilines is 1. The van der Waals surface area contributed by atoms with Crippen molar-refractivity contribution in [1.29, 1.82) is 0 Å². The summed E-state index contributed by atoms with van der Waals surface area (Å²) in [6.07, 6.45) is 3.43. The molecule has 3 N–H and O–H groups in total.